The summed E-state index contributed by atoms with van der Waals surface area (Å²) in [6.07, 6.45) is 3.26. The van der Waals surface area contributed by atoms with E-state index in [0.717, 1.165) is 35.2 Å². The van der Waals surface area contributed by atoms with Gasteiger partial charge in [0.1, 0.15) is 0 Å². The van der Waals surface area contributed by atoms with E-state index < -0.39 is 0 Å². The van der Waals surface area contributed by atoms with Crippen LogP contribution in [0.4, 0.5) is 0 Å². The average molecular weight is 347 g/mol. The summed E-state index contributed by atoms with van der Waals surface area (Å²) < 4.78 is 0. The number of hydrogen-bond acceptors (Lipinski definition) is 2. The summed E-state index contributed by atoms with van der Waals surface area (Å²) in [6, 6.07) is 9.07. The van der Waals surface area contributed by atoms with Crippen LogP contribution in [0, 0.1) is 0 Å². The Morgan fingerprint density at radius 3 is 2.96 bits per heavy atom. The molecule has 118 valence electrons. The zero-order chi connectivity index (χ0) is 16.4. The van der Waals surface area contributed by atoms with Gasteiger partial charge < -0.3 is 5.32 Å². The highest BCUT2D eigenvalue weighted by Gasteiger charge is 2.28. The second kappa shape index (κ2) is 6.73. The molecule has 1 unspecified atom stereocenters. The Balaban J connectivity index is 1.74. The van der Waals surface area contributed by atoms with Crippen molar-refractivity contribution in [3.05, 3.63) is 70.0 Å². The van der Waals surface area contributed by atoms with Crippen LogP contribution in [0.1, 0.15) is 35.6 Å². The Labute approximate surface area is 145 Å². The van der Waals surface area contributed by atoms with Crippen molar-refractivity contribution in [2.75, 3.05) is 0 Å². The summed E-state index contributed by atoms with van der Waals surface area (Å²) in [5.41, 5.74) is 3.63. The van der Waals surface area contributed by atoms with Gasteiger partial charge in [-0.05, 0) is 47.7 Å². The highest BCUT2D eigenvalue weighted by atomic mass is 35.5. The lowest BCUT2D eigenvalue weighted by atomic mass is 9.83. The lowest BCUT2D eigenvalue weighted by Gasteiger charge is -2.25. The number of pyridine rings is 1. The van der Waals surface area contributed by atoms with Crippen molar-refractivity contribution in [2.45, 2.75) is 25.3 Å². The number of carbonyl (C=O) groups excluding carboxylic acids is 1. The van der Waals surface area contributed by atoms with Crippen molar-refractivity contribution in [1.29, 1.82) is 0 Å². The second-order valence-corrected chi connectivity index (χ2v) is 6.43. The molecule has 0 saturated carbocycles. The molecule has 1 N–H and O–H groups in total. The first-order chi connectivity index (χ1) is 11.1. The Morgan fingerprint density at radius 2 is 2.17 bits per heavy atom. The molecule has 1 aromatic heterocycles. The molecule has 2 aromatic rings. The van der Waals surface area contributed by atoms with E-state index in [4.69, 9.17) is 23.2 Å². The van der Waals surface area contributed by atoms with Gasteiger partial charge in [0.2, 0.25) is 5.91 Å². The molecule has 0 radical (unpaired) electrons. The Bertz CT molecular complexity index is 773. The summed E-state index contributed by atoms with van der Waals surface area (Å²) in [4.78, 5) is 16.9. The van der Waals surface area contributed by atoms with E-state index in [9.17, 15) is 4.79 Å². The molecule has 1 heterocycles. The minimum Gasteiger partial charge on any atom is -0.351 e. The molecule has 1 aliphatic rings. The molecule has 1 atom stereocenters. The molecule has 23 heavy (non-hydrogen) atoms. The van der Waals surface area contributed by atoms with Crippen LogP contribution in [-0.4, -0.2) is 10.9 Å². The molecule has 1 aliphatic carbocycles. The molecule has 0 saturated heterocycles. The average Bonchev–Trinajstić information content (AvgIpc) is 2.54. The van der Waals surface area contributed by atoms with Gasteiger partial charge in [0.25, 0.3) is 0 Å². The van der Waals surface area contributed by atoms with E-state index in [1.807, 2.05) is 18.2 Å². The lowest BCUT2D eigenvalue weighted by molar-refractivity contribution is -0.122. The van der Waals surface area contributed by atoms with Crippen LogP contribution in [-0.2, 0) is 11.3 Å². The molecule has 3 rings (SSSR count). The summed E-state index contributed by atoms with van der Waals surface area (Å²) in [5, 5.41) is 4.09. The van der Waals surface area contributed by atoms with Crippen molar-refractivity contribution < 1.29 is 4.79 Å². The lowest BCUT2D eigenvalue weighted by Crippen LogP contribution is -2.31. The number of nitrogens with one attached hydrogen (secondary N) is 1. The second-order valence-electron chi connectivity index (χ2n) is 5.59. The molecular weight excluding hydrogens is 331 g/mol. The molecule has 0 bridgehead atoms. The van der Waals surface area contributed by atoms with Crippen LogP contribution >= 0.6 is 23.2 Å². The molecule has 1 aromatic carbocycles. The van der Waals surface area contributed by atoms with Crippen LogP contribution in [0.2, 0.25) is 10.0 Å². The molecular formula is C18H16Cl2N2O. The quantitative estimate of drug-likeness (QED) is 0.882. The largest absolute Gasteiger partial charge is 0.351 e. The molecule has 5 heteroatoms. The number of nitrogens with zero attached hydrogens (tertiary/aromatic N) is 1. The number of carbonyl (C=O) groups is 1. The van der Waals surface area contributed by atoms with E-state index in [-0.39, 0.29) is 11.8 Å². The predicted molar refractivity (Wildman–Crippen MR) is 93.6 cm³/mol. The number of fused-ring (bicyclic) bond motifs is 1. The third kappa shape index (κ3) is 3.41. The fourth-order valence-electron chi connectivity index (χ4n) is 2.83. The van der Waals surface area contributed by atoms with Crippen LogP contribution in [0.25, 0.3) is 5.57 Å². The van der Waals surface area contributed by atoms with E-state index >= 15 is 0 Å². The fraction of sp³-hybridized carbons (Fsp3) is 0.222. The SMILES string of the molecule is C=C1CCC(C(=O)NCc2ccc(Cl)cc2Cl)c2cccnc21. The van der Waals surface area contributed by atoms with Gasteiger partial charge in [-0.2, -0.15) is 0 Å². The first-order valence-corrected chi connectivity index (χ1v) is 8.16. The van der Waals surface area contributed by atoms with Crippen LogP contribution in [0.3, 0.4) is 0 Å². The Morgan fingerprint density at radius 1 is 1.35 bits per heavy atom. The topological polar surface area (TPSA) is 42.0 Å². The zero-order valence-corrected chi connectivity index (χ0v) is 14.0. The minimum atomic E-state index is -0.199. The standard InChI is InChI=1S/C18H16Cl2N2O/c1-11-4-7-15(14-3-2-8-21-17(11)14)18(23)22-10-12-5-6-13(19)9-16(12)20/h2-3,5-6,8-9,15H,1,4,7,10H2,(H,22,23). The maximum Gasteiger partial charge on any atom is 0.227 e. The highest BCUT2D eigenvalue weighted by molar-refractivity contribution is 6.35. The zero-order valence-electron chi connectivity index (χ0n) is 12.5. The van der Waals surface area contributed by atoms with Gasteiger partial charge in [-0.25, -0.2) is 0 Å². The summed E-state index contributed by atoms with van der Waals surface area (Å²) in [7, 11) is 0. The normalized spacial score (nSPS) is 16.8. The van der Waals surface area contributed by atoms with E-state index in [0.29, 0.717) is 16.6 Å². The van der Waals surface area contributed by atoms with Crippen LogP contribution in [0.15, 0.2) is 43.1 Å². The first-order valence-electron chi connectivity index (χ1n) is 7.41. The molecule has 1 amide bonds. The summed E-state index contributed by atoms with van der Waals surface area (Å²) in [6.45, 7) is 4.42. The minimum absolute atomic E-state index is 0.0160. The number of amides is 1. The maximum absolute atomic E-state index is 12.6. The third-order valence-corrected chi connectivity index (χ3v) is 4.66. The van der Waals surface area contributed by atoms with Crippen molar-refractivity contribution >= 4 is 34.7 Å². The molecule has 0 spiro atoms. The van der Waals surface area contributed by atoms with Crippen molar-refractivity contribution in [1.82, 2.24) is 10.3 Å². The van der Waals surface area contributed by atoms with Crippen molar-refractivity contribution in [3.63, 3.8) is 0 Å². The Kier molecular flexibility index (Phi) is 4.69. The Hall–Kier alpha value is -1.84. The van der Waals surface area contributed by atoms with Gasteiger partial charge in [-0.3, -0.25) is 9.78 Å². The number of benzene rings is 1. The van der Waals surface area contributed by atoms with Gasteiger partial charge in [0, 0.05) is 22.8 Å². The number of halogens is 2. The van der Waals surface area contributed by atoms with Crippen molar-refractivity contribution in [3.8, 4) is 0 Å². The monoisotopic (exact) mass is 346 g/mol. The predicted octanol–water partition coefficient (Wildman–Crippen LogP) is 4.60. The highest BCUT2D eigenvalue weighted by Crippen LogP contribution is 2.36. The fourth-order valence-corrected chi connectivity index (χ4v) is 3.31. The van der Waals surface area contributed by atoms with Gasteiger partial charge >= 0.3 is 0 Å². The van der Waals surface area contributed by atoms with Gasteiger partial charge in [-0.15, -0.1) is 0 Å². The van der Waals surface area contributed by atoms with E-state index in [2.05, 4.69) is 16.9 Å². The third-order valence-electron chi connectivity index (χ3n) is 4.07. The van der Waals surface area contributed by atoms with Gasteiger partial charge in [-0.1, -0.05) is 41.9 Å². The smallest absolute Gasteiger partial charge is 0.227 e. The van der Waals surface area contributed by atoms with Gasteiger partial charge in [0.05, 0.1) is 11.6 Å². The number of hydrogen-bond donors (Lipinski definition) is 1. The summed E-state index contributed by atoms with van der Waals surface area (Å²) in [5.74, 6) is -0.215. The molecule has 3 nitrogen and oxygen atoms in total. The maximum atomic E-state index is 12.6. The summed E-state index contributed by atoms with van der Waals surface area (Å²) >= 11 is 12.0. The van der Waals surface area contributed by atoms with E-state index in [1.54, 1.807) is 18.3 Å². The first kappa shape index (κ1) is 16.0. The van der Waals surface area contributed by atoms with Crippen molar-refractivity contribution in [2.24, 2.45) is 0 Å². The number of aromatic nitrogens is 1. The number of rotatable bonds is 3. The van der Waals surface area contributed by atoms with Crippen LogP contribution < -0.4 is 5.32 Å². The molecule has 0 fully saturated rings. The molecule has 0 aliphatic heterocycles. The van der Waals surface area contributed by atoms with Gasteiger partial charge in [0.15, 0.2) is 0 Å². The number of allylic oxidation sites excluding steroid dienone is 1. The van der Waals surface area contributed by atoms with Crippen LogP contribution in [0.5, 0.6) is 0 Å². The van der Waals surface area contributed by atoms with E-state index in [1.165, 1.54) is 0 Å².